The number of benzene rings is 3. The van der Waals surface area contributed by atoms with Gasteiger partial charge in [-0.3, -0.25) is 0 Å². The highest BCUT2D eigenvalue weighted by Crippen LogP contribution is 2.18. The molecule has 4 aromatic rings. The molecule has 0 aliphatic heterocycles. The molecule has 3 aromatic carbocycles. The largest absolute Gasteiger partial charge is 0.486 e. The fourth-order valence-corrected chi connectivity index (χ4v) is 3.02. The van der Waals surface area contributed by atoms with E-state index in [4.69, 9.17) is 28.6 Å². The van der Waals surface area contributed by atoms with E-state index in [1.54, 1.807) is 35.2 Å². The van der Waals surface area contributed by atoms with Crippen LogP contribution in [0.1, 0.15) is 11.4 Å². The van der Waals surface area contributed by atoms with Gasteiger partial charge in [0.1, 0.15) is 12.4 Å². The highest BCUT2D eigenvalue weighted by atomic mass is 35.5. The topological polar surface area (TPSA) is 55.2 Å². The van der Waals surface area contributed by atoms with E-state index >= 15 is 0 Å². The molecule has 5 nitrogen and oxygen atoms in total. The van der Waals surface area contributed by atoms with Crippen LogP contribution in [0.5, 0.6) is 5.75 Å². The molecule has 27 heavy (non-hydrogen) atoms. The molecular formula is C20H15ClN4OS. The Bertz CT molecular complexity index is 1160. The molecular weight excluding hydrogens is 380 g/mol. The zero-order chi connectivity index (χ0) is 18.6. The summed E-state index contributed by atoms with van der Waals surface area (Å²) in [6.45, 7) is 0.224. The Hall–Kier alpha value is -2.96. The van der Waals surface area contributed by atoms with E-state index in [0.29, 0.717) is 21.4 Å². The molecule has 134 valence electrons. The Kier molecular flexibility index (Phi) is 5.00. The predicted molar refractivity (Wildman–Crippen MR) is 110 cm³/mol. The number of fused-ring (bicyclic) bond motifs is 1. The Balaban J connectivity index is 1.59. The van der Waals surface area contributed by atoms with Gasteiger partial charge in [-0.05, 0) is 47.3 Å². The molecule has 0 aliphatic rings. The minimum absolute atomic E-state index is 0.224. The molecule has 0 fully saturated rings. The van der Waals surface area contributed by atoms with Gasteiger partial charge in [0.15, 0.2) is 5.82 Å². The first-order valence-electron chi connectivity index (χ1n) is 8.27. The second-order valence-corrected chi connectivity index (χ2v) is 6.64. The molecule has 0 saturated heterocycles. The average Bonchev–Trinajstić information content (AvgIpc) is 3.05. The van der Waals surface area contributed by atoms with Crippen LogP contribution in [0.3, 0.4) is 0 Å². The molecule has 0 radical (unpaired) electrons. The van der Waals surface area contributed by atoms with E-state index in [-0.39, 0.29) is 6.61 Å². The first kappa shape index (κ1) is 17.5. The fourth-order valence-electron chi connectivity index (χ4n) is 2.70. The van der Waals surface area contributed by atoms with Crippen molar-refractivity contribution in [1.29, 1.82) is 0 Å². The maximum Gasteiger partial charge on any atom is 0.216 e. The Morgan fingerprint density at radius 3 is 2.70 bits per heavy atom. The zero-order valence-corrected chi connectivity index (χ0v) is 15.7. The molecule has 0 spiro atoms. The van der Waals surface area contributed by atoms with Gasteiger partial charge in [0, 0.05) is 10.6 Å². The summed E-state index contributed by atoms with van der Waals surface area (Å²) in [4.78, 5) is 0. The first-order valence-corrected chi connectivity index (χ1v) is 9.06. The van der Waals surface area contributed by atoms with Crippen LogP contribution >= 0.6 is 23.8 Å². The summed E-state index contributed by atoms with van der Waals surface area (Å²) in [7, 11) is 0. The van der Waals surface area contributed by atoms with Crippen molar-refractivity contribution in [2.75, 3.05) is 0 Å². The van der Waals surface area contributed by atoms with Gasteiger partial charge in [-0.2, -0.15) is 14.9 Å². The van der Waals surface area contributed by atoms with Crippen molar-refractivity contribution in [1.82, 2.24) is 14.9 Å². The van der Waals surface area contributed by atoms with Crippen molar-refractivity contribution < 1.29 is 4.74 Å². The summed E-state index contributed by atoms with van der Waals surface area (Å²) >= 11 is 11.2. The zero-order valence-electron chi connectivity index (χ0n) is 14.2. The van der Waals surface area contributed by atoms with Gasteiger partial charge in [-0.25, -0.2) is 5.10 Å². The quantitative estimate of drug-likeness (QED) is 0.373. The minimum atomic E-state index is 0.224. The molecule has 0 amide bonds. The van der Waals surface area contributed by atoms with Gasteiger partial charge >= 0.3 is 0 Å². The lowest BCUT2D eigenvalue weighted by atomic mass is 10.1. The van der Waals surface area contributed by atoms with E-state index in [2.05, 4.69) is 33.5 Å². The van der Waals surface area contributed by atoms with Gasteiger partial charge < -0.3 is 4.74 Å². The van der Waals surface area contributed by atoms with E-state index < -0.39 is 0 Å². The van der Waals surface area contributed by atoms with Gasteiger partial charge in [0.2, 0.25) is 4.77 Å². The van der Waals surface area contributed by atoms with Gasteiger partial charge in [0.25, 0.3) is 0 Å². The molecule has 0 saturated carbocycles. The lowest BCUT2D eigenvalue weighted by molar-refractivity contribution is 0.290. The molecule has 0 bridgehead atoms. The Morgan fingerprint density at radius 1 is 1.07 bits per heavy atom. The SMILES string of the molecule is S=c1[nH]nc(COc2ccc(Cl)cc2)n1/N=C\c1cccc2ccccc12. The standard InChI is InChI=1S/C20H15ClN4OS/c21-16-8-10-17(11-9-16)26-13-19-23-24-20(27)25(19)22-12-15-6-3-5-14-4-1-2-7-18(14)15/h1-12H,13H2,(H,24,27)/b22-12-. The second-order valence-electron chi connectivity index (χ2n) is 5.81. The molecule has 0 unspecified atom stereocenters. The third-order valence-electron chi connectivity index (χ3n) is 4.03. The number of nitrogens with one attached hydrogen (secondary N) is 1. The lowest BCUT2D eigenvalue weighted by Crippen LogP contribution is -2.04. The van der Waals surface area contributed by atoms with Crippen molar-refractivity contribution >= 4 is 40.8 Å². The van der Waals surface area contributed by atoms with E-state index in [1.807, 2.05) is 24.3 Å². The van der Waals surface area contributed by atoms with Crippen LogP contribution in [-0.2, 0) is 6.61 Å². The van der Waals surface area contributed by atoms with Crippen molar-refractivity contribution in [3.8, 4) is 5.75 Å². The number of halogens is 1. The minimum Gasteiger partial charge on any atom is -0.486 e. The first-order chi connectivity index (χ1) is 13.2. The number of aromatic nitrogens is 3. The van der Waals surface area contributed by atoms with E-state index in [1.165, 1.54) is 0 Å². The van der Waals surface area contributed by atoms with Crippen LogP contribution < -0.4 is 4.74 Å². The Morgan fingerprint density at radius 2 is 1.85 bits per heavy atom. The molecule has 1 heterocycles. The lowest BCUT2D eigenvalue weighted by Gasteiger charge is -2.06. The third kappa shape index (κ3) is 3.92. The summed E-state index contributed by atoms with van der Waals surface area (Å²) in [5.41, 5.74) is 1.00. The number of hydrogen-bond donors (Lipinski definition) is 1. The molecule has 4 rings (SSSR count). The van der Waals surface area contributed by atoms with Crippen molar-refractivity contribution in [3.05, 3.63) is 87.9 Å². The van der Waals surface area contributed by atoms with Crippen LogP contribution in [-0.4, -0.2) is 21.1 Å². The normalized spacial score (nSPS) is 11.3. The number of rotatable bonds is 5. The van der Waals surface area contributed by atoms with Gasteiger partial charge in [-0.1, -0.05) is 54.1 Å². The molecule has 7 heteroatoms. The highest BCUT2D eigenvalue weighted by Gasteiger charge is 2.07. The second kappa shape index (κ2) is 7.73. The monoisotopic (exact) mass is 394 g/mol. The van der Waals surface area contributed by atoms with Crippen molar-refractivity contribution in [2.24, 2.45) is 5.10 Å². The number of hydrogen-bond acceptors (Lipinski definition) is 4. The number of ether oxygens (including phenoxy) is 1. The van der Waals surface area contributed by atoms with Gasteiger partial charge in [0.05, 0.1) is 6.21 Å². The maximum atomic E-state index is 5.89. The number of H-pyrrole nitrogens is 1. The van der Waals surface area contributed by atoms with Crippen LogP contribution in [0.15, 0.2) is 71.8 Å². The number of aromatic amines is 1. The van der Waals surface area contributed by atoms with Crippen molar-refractivity contribution in [3.63, 3.8) is 0 Å². The van der Waals surface area contributed by atoms with Crippen LogP contribution in [0.4, 0.5) is 0 Å². The van der Waals surface area contributed by atoms with E-state index in [9.17, 15) is 0 Å². The van der Waals surface area contributed by atoms with Crippen LogP contribution in [0.2, 0.25) is 5.02 Å². The highest BCUT2D eigenvalue weighted by molar-refractivity contribution is 7.71. The molecule has 0 aliphatic carbocycles. The van der Waals surface area contributed by atoms with E-state index in [0.717, 1.165) is 16.3 Å². The van der Waals surface area contributed by atoms with Crippen LogP contribution in [0, 0.1) is 4.77 Å². The van der Waals surface area contributed by atoms with Crippen molar-refractivity contribution in [2.45, 2.75) is 6.61 Å². The predicted octanol–water partition coefficient (Wildman–Crippen LogP) is 5.21. The smallest absolute Gasteiger partial charge is 0.216 e. The number of nitrogens with zero attached hydrogens (tertiary/aromatic N) is 3. The summed E-state index contributed by atoms with van der Waals surface area (Å²) < 4.78 is 7.71. The Labute approximate surface area is 165 Å². The average molecular weight is 395 g/mol. The summed E-state index contributed by atoms with van der Waals surface area (Å²) in [6.07, 6.45) is 1.78. The van der Waals surface area contributed by atoms with Gasteiger partial charge in [-0.15, -0.1) is 0 Å². The molecule has 1 aromatic heterocycles. The third-order valence-corrected chi connectivity index (χ3v) is 4.55. The fraction of sp³-hybridized carbons (Fsp3) is 0.0500. The summed E-state index contributed by atoms with van der Waals surface area (Å²) in [5.74, 6) is 1.27. The van der Waals surface area contributed by atoms with Crippen LogP contribution in [0.25, 0.3) is 10.8 Å². The summed E-state index contributed by atoms with van der Waals surface area (Å²) in [6, 6.07) is 21.4. The molecule has 1 N–H and O–H groups in total. The molecule has 0 atom stereocenters. The summed E-state index contributed by atoms with van der Waals surface area (Å²) in [5, 5.41) is 14.4. The maximum absolute atomic E-state index is 5.89.